The van der Waals surface area contributed by atoms with Gasteiger partial charge in [-0.1, -0.05) is 38.5 Å². The SMILES string of the molecule is N#CCCN(C1CCCCC1)C1CCCCC1. The summed E-state index contributed by atoms with van der Waals surface area (Å²) in [6.45, 7) is 1.02. The molecule has 0 aromatic heterocycles. The normalized spacial score (nSPS) is 23.8. The quantitative estimate of drug-likeness (QED) is 0.738. The second-order valence-electron chi connectivity index (χ2n) is 5.73. The molecule has 2 aliphatic carbocycles. The van der Waals surface area contributed by atoms with Gasteiger partial charge < -0.3 is 0 Å². The Morgan fingerprint density at radius 2 is 1.29 bits per heavy atom. The molecule has 0 aromatic rings. The predicted octanol–water partition coefficient (Wildman–Crippen LogP) is 3.87. The van der Waals surface area contributed by atoms with E-state index in [2.05, 4.69) is 11.0 Å². The third-order valence-corrected chi connectivity index (χ3v) is 4.57. The van der Waals surface area contributed by atoms with Gasteiger partial charge in [-0.05, 0) is 25.7 Å². The summed E-state index contributed by atoms with van der Waals surface area (Å²) < 4.78 is 0. The van der Waals surface area contributed by atoms with Gasteiger partial charge in [-0.15, -0.1) is 0 Å². The van der Waals surface area contributed by atoms with Gasteiger partial charge in [0.05, 0.1) is 6.07 Å². The Bertz CT molecular complexity index is 226. The Hall–Kier alpha value is -0.550. The highest BCUT2D eigenvalue weighted by Crippen LogP contribution is 2.30. The third-order valence-electron chi connectivity index (χ3n) is 4.57. The van der Waals surface area contributed by atoms with Crippen molar-refractivity contribution in [3.8, 4) is 6.07 Å². The average molecular weight is 234 g/mol. The van der Waals surface area contributed by atoms with Crippen LogP contribution in [0.2, 0.25) is 0 Å². The molecule has 2 rings (SSSR count). The summed E-state index contributed by atoms with van der Waals surface area (Å²) in [5.41, 5.74) is 0. The molecule has 0 aliphatic heterocycles. The number of nitriles is 1. The van der Waals surface area contributed by atoms with Crippen LogP contribution >= 0.6 is 0 Å². The summed E-state index contributed by atoms with van der Waals surface area (Å²) in [5, 5.41) is 8.84. The van der Waals surface area contributed by atoms with E-state index in [1.165, 1.54) is 64.2 Å². The molecule has 0 unspecified atom stereocenters. The van der Waals surface area contributed by atoms with Gasteiger partial charge in [0.15, 0.2) is 0 Å². The Labute approximate surface area is 106 Å². The lowest BCUT2D eigenvalue weighted by molar-refractivity contribution is 0.0832. The lowest BCUT2D eigenvalue weighted by Crippen LogP contribution is -2.45. The van der Waals surface area contributed by atoms with E-state index in [1.807, 2.05) is 0 Å². The first-order valence-electron chi connectivity index (χ1n) is 7.54. The Kier molecular flexibility index (Phi) is 5.32. The molecule has 0 bridgehead atoms. The first kappa shape index (κ1) is 12.9. The maximum atomic E-state index is 8.84. The van der Waals surface area contributed by atoms with Crippen LogP contribution in [-0.2, 0) is 0 Å². The zero-order valence-corrected chi connectivity index (χ0v) is 11.0. The lowest BCUT2D eigenvalue weighted by atomic mass is 9.88. The minimum atomic E-state index is 0.715. The molecule has 17 heavy (non-hydrogen) atoms. The van der Waals surface area contributed by atoms with Gasteiger partial charge in [-0.2, -0.15) is 5.26 Å². The zero-order chi connectivity index (χ0) is 11.9. The molecule has 0 N–H and O–H groups in total. The number of hydrogen-bond acceptors (Lipinski definition) is 2. The van der Waals surface area contributed by atoms with Crippen molar-refractivity contribution < 1.29 is 0 Å². The molecule has 0 radical (unpaired) electrons. The molecule has 0 amide bonds. The standard InChI is InChI=1S/C15H26N2/c16-12-7-13-17(14-8-3-1-4-9-14)15-10-5-2-6-11-15/h14-15H,1-11,13H2. The summed E-state index contributed by atoms with van der Waals surface area (Å²) in [4.78, 5) is 2.71. The number of rotatable bonds is 4. The molecule has 0 atom stereocenters. The van der Waals surface area contributed by atoms with Crippen LogP contribution in [0.25, 0.3) is 0 Å². The lowest BCUT2D eigenvalue weighted by Gasteiger charge is -2.41. The van der Waals surface area contributed by atoms with E-state index < -0.39 is 0 Å². The highest BCUT2D eigenvalue weighted by molar-refractivity contribution is 4.85. The second kappa shape index (κ2) is 7.01. The van der Waals surface area contributed by atoms with E-state index in [0.717, 1.165) is 18.6 Å². The van der Waals surface area contributed by atoms with E-state index in [1.54, 1.807) is 0 Å². The van der Waals surface area contributed by atoms with Crippen LogP contribution in [0.15, 0.2) is 0 Å². The molecule has 2 saturated carbocycles. The molecule has 2 nitrogen and oxygen atoms in total. The summed E-state index contributed by atoms with van der Waals surface area (Å²) in [6.07, 6.45) is 14.7. The van der Waals surface area contributed by atoms with Crippen LogP contribution in [0.3, 0.4) is 0 Å². The van der Waals surface area contributed by atoms with Crippen LogP contribution in [0, 0.1) is 11.3 Å². The average Bonchev–Trinajstić information content (AvgIpc) is 2.42. The van der Waals surface area contributed by atoms with Crippen LogP contribution in [0.5, 0.6) is 0 Å². The topological polar surface area (TPSA) is 27.0 Å². The van der Waals surface area contributed by atoms with Gasteiger partial charge in [-0.25, -0.2) is 0 Å². The maximum Gasteiger partial charge on any atom is 0.0635 e. The predicted molar refractivity (Wildman–Crippen MR) is 70.7 cm³/mol. The van der Waals surface area contributed by atoms with Crippen molar-refractivity contribution in [1.82, 2.24) is 4.90 Å². The van der Waals surface area contributed by atoms with Crippen molar-refractivity contribution >= 4 is 0 Å². The van der Waals surface area contributed by atoms with Crippen LogP contribution in [0.1, 0.15) is 70.6 Å². The van der Waals surface area contributed by atoms with E-state index in [0.29, 0.717) is 6.42 Å². The number of nitrogens with zero attached hydrogens (tertiary/aromatic N) is 2. The summed E-state index contributed by atoms with van der Waals surface area (Å²) in [7, 11) is 0. The highest BCUT2D eigenvalue weighted by atomic mass is 15.2. The van der Waals surface area contributed by atoms with Gasteiger partial charge in [0.1, 0.15) is 0 Å². The molecule has 2 heteroatoms. The molecule has 2 fully saturated rings. The van der Waals surface area contributed by atoms with E-state index in [-0.39, 0.29) is 0 Å². The monoisotopic (exact) mass is 234 g/mol. The fraction of sp³-hybridized carbons (Fsp3) is 0.933. The van der Waals surface area contributed by atoms with Crippen molar-refractivity contribution in [2.75, 3.05) is 6.54 Å². The summed E-state index contributed by atoms with van der Waals surface area (Å²) in [6, 6.07) is 3.92. The van der Waals surface area contributed by atoms with Gasteiger partial charge in [0, 0.05) is 25.0 Å². The van der Waals surface area contributed by atoms with Gasteiger partial charge in [-0.3, -0.25) is 4.90 Å². The first-order chi connectivity index (χ1) is 8.42. The Morgan fingerprint density at radius 1 is 0.824 bits per heavy atom. The smallest absolute Gasteiger partial charge is 0.0635 e. The highest BCUT2D eigenvalue weighted by Gasteiger charge is 2.28. The second-order valence-corrected chi connectivity index (χ2v) is 5.73. The molecular formula is C15H26N2. The van der Waals surface area contributed by atoms with Crippen molar-refractivity contribution in [3.05, 3.63) is 0 Å². The largest absolute Gasteiger partial charge is 0.296 e. The first-order valence-corrected chi connectivity index (χ1v) is 7.54. The molecule has 2 aliphatic rings. The molecule has 0 aromatic carbocycles. The number of hydrogen-bond donors (Lipinski definition) is 0. The Morgan fingerprint density at radius 3 is 1.71 bits per heavy atom. The van der Waals surface area contributed by atoms with Crippen LogP contribution in [0.4, 0.5) is 0 Å². The molecule has 0 saturated heterocycles. The fourth-order valence-electron chi connectivity index (χ4n) is 3.67. The van der Waals surface area contributed by atoms with E-state index >= 15 is 0 Å². The Balaban J connectivity index is 1.92. The minimum Gasteiger partial charge on any atom is -0.296 e. The molecular weight excluding hydrogens is 208 g/mol. The maximum absolute atomic E-state index is 8.84. The van der Waals surface area contributed by atoms with Crippen molar-refractivity contribution in [2.24, 2.45) is 0 Å². The summed E-state index contributed by atoms with van der Waals surface area (Å²) in [5.74, 6) is 0. The third kappa shape index (κ3) is 3.71. The van der Waals surface area contributed by atoms with Gasteiger partial charge in [0.2, 0.25) is 0 Å². The van der Waals surface area contributed by atoms with E-state index in [9.17, 15) is 0 Å². The minimum absolute atomic E-state index is 0.715. The van der Waals surface area contributed by atoms with Crippen molar-refractivity contribution in [2.45, 2.75) is 82.7 Å². The van der Waals surface area contributed by atoms with Crippen molar-refractivity contribution in [1.29, 1.82) is 5.26 Å². The van der Waals surface area contributed by atoms with Crippen LogP contribution < -0.4 is 0 Å². The summed E-state index contributed by atoms with van der Waals surface area (Å²) >= 11 is 0. The van der Waals surface area contributed by atoms with E-state index in [4.69, 9.17) is 5.26 Å². The molecule has 96 valence electrons. The van der Waals surface area contributed by atoms with Gasteiger partial charge in [0.25, 0.3) is 0 Å². The molecule has 0 heterocycles. The molecule has 0 spiro atoms. The fourth-order valence-corrected chi connectivity index (χ4v) is 3.67. The van der Waals surface area contributed by atoms with Crippen molar-refractivity contribution in [3.63, 3.8) is 0 Å². The van der Waals surface area contributed by atoms with Gasteiger partial charge >= 0.3 is 0 Å². The van der Waals surface area contributed by atoms with Crippen LogP contribution in [-0.4, -0.2) is 23.5 Å². The zero-order valence-electron chi connectivity index (χ0n) is 11.0.